The fourth-order valence-corrected chi connectivity index (χ4v) is 6.59. The van der Waals surface area contributed by atoms with E-state index in [1.807, 2.05) is 0 Å². The minimum Gasteiger partial charge on any atom is -0.310 e. The summed E-state index contributed by atoms with van der Waals surface area (Å²) in [5.74, 6) is 0. The largest absolute Gasteiger partial charge is 0.310 e. The highest BCUT2D eigenvalue weighted by molar-refractivity contribution is 5.88. The minimum absolute atomic E-state index is 1.10. The molecule has 0 N–H and O–H groups in total. The highest BCUT2D eigenvalue weighted by atomic mass is 15.1. The van der Waals surface area contributed by atoms with E-state index in [0.29, 0.717) is 0 Å². The number of hydrogen-bond donors (Lipinski definition) is 0. The van der Waals surface area contributed by atoms with Gasteiger partial charge in [-0.05, 0) is 92.0 Å². The molecular weight excluding hydrogens is 591 g/mol. The second-order valence-electron chi connectivity index (χ2n) is 12.2. The van der Waals surface area contributed by atoms with Gasteiger partial charge in [0, 0.05) is 17.1 Å². The Morgan fingerprint density at radius 3 is 0.980 bits per heavy atom. The van der Waals surface area contributed by atoms with Gasteiger partial charge in [0.25, 0.3) is 0 Å². The average Bonchev–Trinajstić information content (AvgIpc) is 3.20. The number of anilines is 3. The van der Waals surface area contributed by atoms with E-state index in [2.05, 4.69) is 217 Å². The maximum Gasteiger partial charge on any atom is 0.0467 e. The molecule has 0 fully saturated rings. The van der Waals surface area contributed by atoms with Gasteiger partial charge >= 0.3 is 0 Å². The normalized spacial score (nSPS) is 10.9. The van der Waals surface area contributed by atoms with Crippen molar-refractivity contribution >= 4 is 17.1 Å². The molecule has 0 heterocycles. The van der Waals surface area contributed by atoms with E-state index in [-0.39, 0.29) is 0 Å². The van der Waals surface area contributed by atoms with Crippen molar-refractivity contribution in [3.8, 4) is 55.6 Å². The van der Waals surface area contributed by atoms with Gasteiger partial charge in [-0.2, -0.15) is 0 Å². The molecule has 0 aliphatic heterocycles. The van der Waals surface area contributed by atoms with Crippen molar-refractivity contribution in [2.45, 2.75) is 0 Å². The molecule has 0 saturated heterocycles. The highest BCUT2D eigenvalue weighted by Gasteiger charge is 2.16. The van der Waals surface area contributed by atoms with Crippen LogP contribution < -0.4 is 4.90 Å². The van der Waals surface area contributed by atoms with Crippen LogP contribution in [0, 0.1) is 0 Å². The van der Waals surface area contributed by atoms with Crippen LogP contribution in [0.15, 0.2) is 212 Å². The SMILES string of the molecule is c1ccc(-c2ccc(-c3ccccc3-c3cccc(N(c4ccc(-c5ccccc5)cc4)c4ccc(-c5ccccc5)cc4)c3)cc2)cc1. The molecule has 0 bridgehead atoms. The summed E-state index contributed by atoms with van der Waals surface area (Å²) in [5, 5.41) is 0. The lowest BCUT2D eigenvalue weighted by Gasteiger charge is -2.26. The van der Waals surface area contributed by atoms with Crippen molar-refractivity contribution in [2.24, 2.45) is 0 Å². The summed E-state index contributed by atoms with van der Waals surface area (Å²) >= 11 is 0. The van der Waals surface area contributed by atoms with E-state index in [4.69, 9.17) is 0 Å². The number of nitrogens with zero attached hydrogens (tertiary/aromatic N) is 1. The maximum atomic E-state index is 2.35. The lowest BCUT2D eigenvalue weighted by Crippen LogP contribution is -2.10. The molecule has 8 aromatic rings. The van der Waals surface area contributed by atoms with Gasteiger partial charge < -0.3 is 4.90 Å². The summed E-state index contributed by atoms with van der Waals surface area (Å²) in [5.41, 5.74) is 15.4. The van der Waals surface area contributed by atoms with Crippen LogP contribution in [-0.2, 0) is 0 Å². The zero-order chi connectivity index (χ0) is 32.8. The third-order valence-corrected chi connectivity index (χ3v) is 9.11. The van der Waals surface area contributed by atoms with Crippen LogP contribution in [0.3, 0.4) is 0 Å². The standard InChI is InChI=1S/C48H35N/c1-4-13-36(14-5-1)39-23-25-42(26-24-39)47-21-10-11-22-48(47)43-19-12-20-46(35-43)49(44-31-27-40(28-32-44)37-15-6-2-7-16-37)45-33-29-41(30-34-45)38-17-8-3-9-18-38/h1-35H. The van der Waals surface area contributed by atoms with Gasteiger partial charge in [-0.1, -0.05) is 176 Å². The highest BCUT2D eigenvalue weighted by Crippen LogP contribution is 2.40. The van der Waals surface area contributed by atoms with Crippen molar-refractivity contribution in [1.82, 2.24) is 0 Å². The average molecular weight is 626 g/mol. The molecular formula is C48H35N. The summed E-state index contributed by atoms with van der Waals surface area (Å²) < 4.78 is 0. The summed E-state index contributed by atoms with van der Waals surface area (Å²) in [7, 11) is 0. The van der Waals surface area contributed by atoms with Crippen LogP contribution in [0.4, 0.5) is 17.1 Å². The van der Waals surface area contributed by atoms with E-state index >= 15 is 0 Å². The topological polar surface area (TPSA) is 3.24 Å². The van der Waals surface area contributed by atoms with E-state index in [1.165, 1.54) is 55.6 Å². The van der Waals surface area contributed by atoms with Gasteiger partial charge in [-0.25, -0.2) is 0 Å². The summed E-state index contributed by atoms with van der Waals surface area (Å²) in [6.45, 7) is 0. The molecule has 0 unspecified atom stereocenters. The lowest BCUT2D eigenvalue weighted by molar-refractivity contribution is 1.28. The molecule has 0 spiro atoms. The Balaban J connectivity index is 1.18. The van der Waals surface area contributed by atoms with Gasteiger partial charge in [0.1, 0.15) is 0 Å². The fraction of sp³-hybridized carbons (Fsp3) is 0. The Kier molecular flexibility index (Phi) is 8.39. The van der Waals surface area contributed by atoms with Crippen LogP contribution in [0.25, 0.3) is 55.6 Å². The zero-order valence-corrected chi connectivity index (χ0v) is 27.2. The number of benzene rings is 8. The Labute approximate surface area is 289 Å². The van der Waals surface area contributed by atoms with Gasteiger partial charge in [0.2, 0.25) is 0 Å². The molecule has 49 heavy (non-hydrogen) atoms. The number of hydrogen-bond acceptors (Lipinski definition) is 1. The third kappa shape index (κ3) is 6.43. The van der Waals surface area contributed by atoms with Crippen LogP contribution in [0.1, 0.15) is 0 Å². The second kappa shape index (κ2) is 13.7. The predicted molar refractivity (Wildman–Crippen MR) is 208 cm³/mol. The molecule has 0 saturated carbocycles. The van der Waals surface area contributed by atoms with Crippen molar-refractivity contribution in [2.75, 3.05) is 4.90 Å². The quantitative estimate of drug-likeness (QED) is 0.162. The minimum atomic E-state index is 1.10. The van der Waals surface area contributed by atoms with Crippen molar-refractivity contribution in [1.29, 1.82) is 0 Å². The smallest absolute Gasteiger partial charge is 0.0467 e. The molecule has 0 aliphatic rings. The molecule has 0 aliphatic carbocycles. The predicted octanol–water partition coefficient (Wildman–Crippen LogP) is 13.5. The Bertz CT molecular complexity index is 2190. The first-order valence-corrected chi connectivity index (χ1v) is 16.8. The molecule has 232 valence electrons. The summed E-state index contributed by atoms with van der Waals surface area (Å²) in [4.78, 5) is 2.35. The van der Waals surface area contributed by atoms with Crippen LogP contribution in [0.2, 0.25) is 0 Å². The van der Waals surface area contributed by atoms with Gasteiger partial charge in [-0.3, -0.25) is 0 Å². The molecule has 1 heteroatoms. The Morgan fingerprint density at radius 2 is 0.531 bits per heavy atom. The summed E-state index contributed by atoms with van der Waals surface area (Å²) in [6.07, 6.45) is 0. The molecule has 1 nitrogen and oxygen atoms in total. The summed E-state index contributed by atoms with van der Waals surface area (Å²) in [6, 6.07) is 75.9. The first-order valence-electron chi connectivity index (χ1n) is 16.8. The van der Waals surface area contributed by atoms with Gasteiger partial charge in [0.15, 0.2) is 0 Å². The van der Waals surface area contributed by atoms with Crippen molar-refractivity contribution in [3.63, 3.8) is 0 Å². The molecule has 0 amide bonds. The molecule has 0 radical (unpaired) electrons. The molecule has 8 aromatic carbocycles. The zero-order valence-electron chi connectivity index (χ0n) is 27.2. The van der Waals surface area contributed by atoms with E-state index in [9.17, 15) is 0 Å². The number of rotatable bonds is 8. The third-order valence-electron chi connectivity index (χ3n) is 9.11. The molecule has 0 aromatic heterocycles. The fourth-order valence-electron chi connectivity index (χ4n) is 6.59. The van der Waals surface area contributed by atoms with E-state index in [0.717, 1.165) is 17.1 Å². The van der Waals surface area contributed by atoms with Crippen LogP contribution in [-0.4, -0.2) is 0 Å². The Hall–Kier alpha value is -6.44. The lowest BCUT2D eigenvalue weighted by atomic mass is 9.93. The molecule has 0 atom stereocenters. The first-order chi connectivity index (χ1) is 24.3. The monoisotopic (exact) mass is 625 g/mol. The van der Waals surface area contributed by atoms with Crippen LogP contribution >= 0.6 is 0 Å². The first kappa shape index (κ1) is 29.9. The second-order valence-corrected chi connectivity index (χ2v) is 12.2. The molecule has 8 rings (SSSR count). The van der Waals surface area contributed by atoms with Gasteiger partial charge in [0.05, 0.1) is 0 Å². The van der Waals surface area contributed by atoms with E-state index in [1.54, 1.807) is 0 Å². The van der Waals surface area contributed by atoms with E-state index < -0.39 is 0 Å². The van der Waals surface area contributed by atoms with Gasteiger partial charge in [-0.15, -0.1) is 0 Å². The Morgan fingerprint density at radius 1 is 0.204 bits per heavy atom. The maximum absolute atomic E-state index is 2.35. The van der Waals surface area contributed by atoms with Crippen LogP contribution in [0.5, 0.6) is 0 Å². The van der Waals surface area contributed by atoms with Crippen molar-refractivity contribution < 1.29 is 0 Å². The van der Waals surface area contributed by atoms with Crippen molar-refractivity contribution in [3.05, 3.63) is 212 Å².